The summed E-state index contributed by atoms with van der Waals surface area (Å²) in [7, 11) is 0. The Morgan fingerprint density at radius 1 is 1.60 bits per heavy atom. The molecule has 3 nitrogen and oxygen atoms in total. The smallest absolute Gasteiger partial charge is 0.427 e. The largest absolute Gasteiger partial charge is 0.452 e. The van der Waals surface area contributed by atoms with Crippen LogP contribution >= 0.6 is 0 Å². The Kier molecular flexibility index (Phi) is 3.14. The van der Waals surface area contributed by atoms with Gasteiger partial charge in [-0.3, -0.25) is 4.79 Å². The van der Waals surface area contributed by atoms with Gasteiger partial charge in [0.1, 0.15) is 0 Å². The number of ether oxygens (including phenoxy) is 1. The van der Waals surface area contributed by atoms with Crippen LogP contribution in [0.4, 0.5) is 13.2 Å². The average molecular weight is 158 g/mol. The van der Waals surface area contributed by atoms with Crippen molar-refractivity contribution in [3.05, 3.63) is 0 Å². The number of hydrogen-bond donors (Lipinski definition) is 1. The second-order valence-electron chi connectivity index (χ2n) is 1.45. The molecule has 10 heavy (non-hydrogen) atoms. The third-order valence-electron chi connectivity index (χ3n) is 0.751. The van der Waals surface area contributed by atoms with Crippen molar-refractivity contribution in [3.8, 4) is 0 Å². The van der Waals surface area contributed by atoms with Gasteiger partial charge in [-0.15, -0.1) is 0 Å². The van der Waals surface area contributed by atoms with Crippen molar-refractivity contribution in [1.29, 1.82) is 0 Å². The number of rotatable bonds is 3. The number of halogens is 3. The van der Waals surface area contributed by atoms with Crippen molar-refractivity contribution >= 4 is 6.47 Å². The molecule has 0 spiro atoms. The SMILES string of the molecule is O=CO[C@H](CO)C(F)(F)F. The Morgan fingerprint density at radius 2 is 2.10 bits per heavy atom. The van der Waals surface area contributed by atoms with Crippen molar-refractivity contribution in [2.75, 3.05) is 6.61 Å². The Balaban J connectivity index is 3.92. The lowest BCUT2D eigenvalue weighted by atomic mass is 10.4. The van der Waals surface area contributed by atoms with E-state index in [1.165, 1.54) is 0 Å². The third kappa shape index (κ3) is 2.67. The van der Waals surface area contributed by atoms with Crippen LogP contribution in [0.3, 0.4) is 0 Å². The number of alkyl halides is 3. The number of carbonyl (C=O) groups is 1. The van der Waals surface area contributed by atoms with E-state index in [0.717, 1.165) is 0 Å². The number of aliphatic hydroxyl groups excluding tert-OH is 1. The summed E-state index contributed by atoms with van der Waals surface area (Å²) in [4.78, 5) is 9.39. The molecule has 1 N–H and O–H groups in total. The Bertz CT molecular complexity index is 111. The van der Waals surface area contributed by atoms with Crippen molar-refractivity contribution in [2.24, 2.45) is 0 Å². The molecule has 0 aliphatic carbocycles. The predicted molar refractivity (Wildman–Crippen MR) is 24.1 cm³/mol. The van der Waals surface area contributed by atoms with E-state index in [2.05, 4.69) is 4.74 Å². The lowest BCUT2D eigenvalue weighted by molar-refractivity contribution is -0.222. The Labute approximate surface area is 54.4 Å². The third-order valence-corrected chi connectivity index (χ3v) is 0.751. The van der Waals surface area contributed by atoms with E-state index >= 15 is 0 Å². The zero-order valence-corrected chi connectivity index (χ0v) is 4.76. The van der Waals surface area contributed by atoms with Crippen LogP contribution in [-0.4, -0.2) is 30.5 Å². The molecule has 0 radical (unpaired) electrons. The molecule has 0 bridgehead atoms. The minimum atomic E-state index is -4.68. The van der Waals surface area contributed by atoms with Gasteiger partial charge < -0.3 is 9.84 Å². The molecule has 0 aliphatic heterocycles. The molecule has 1 atom stereocenters. The molecule has 0 fully saturated rings. The summed E-state index contributed by atoms with van der Waals surface area (Å²) in [6.07, 6.45) is -7.08. The molecule has 0 rings (SSSR count). The quantitative estimate of drug-likeness (QED) is 0.591. The predicted octanol–water partition coefficient (Wildman–Crippen LogP) is 0.0826. The molecule has 0 aromatic carbocycles. The first-order chi connectivity index (χ1) is 4.52. The highest BCUT2D eigenvalue weighted by atomic mass is 19.4. The molecule has 0 amide bonds. The van der Waals surface area contributed by atoms with E-state index in [4.69, 9.17) is 5.11 Å². The maximum atomic E-state index is 11.5. The first kappa shape index (κ1) is 9.22. The molecule has 0 aromatic rings. The molecule has 0 unspecified atom stereocenters. The topological polar surface area (TPSA) is 46.5 Å². The van der Waals surface area contributed by atoms with Crippen LogP contribution in [0.1, 0.15) is 0 Å². The Morgan fingerprint density at radius 3 is 2.20 bits per heavy atom. The van der Waals surface area contributed by atoms with Crippen LogP contribution in [0, 0.1) is 0 Å². The molecule has 0 saturated carbocycles. The van der Waals surface area contributed by atoms with Crippen LogP contribution in [0.25, 0.3) is 0 Å². The van der Waals surface area contributed by atoms with E-state index in [1.54, 1.807) is 0 Å². The van der Waals surface area contributed by atoms with Gasteiger partial charge in [-0.1, -0.05) is 0 Å². The highest BCUT2D eigenvalue weighted by molar-refractivity contribution is 5.37. The number of carbonyl (C=O) groups excluding carboxylic acids is 1. The molecule has 60 valence electrons. The molecular formula is C4H5F3O3. The summed E-state index contributed by atoms with van der Waals surface area (Å²) >= 11 is 0. The van der Waals surface area contributed by atoms with Crippen LogP contribution in [0.5, 0.6) is 0 Å². The van der Waals surface area contributed by atoms with Gasteiger partial charge in [-0.05, 0) is 0 Å². The monoisotopic (exact) mass is 158 g/mol. The lowest BCUT2D eigenvalue weighted by Gasteiger charge is -2.14. The molecule has 0 aromatic heterocycles. The van der Waals surface area contributed by atoms with Crippen LogP contribution < -0.4 is 0 Å². The van der Waals surface area contributed by atoms with E-state index in [-0.39, 0.29) is 6.47 Å². The zero-order valence-electron chi connectivity index (χ0n) is 4.76. The maximum absolute atomic E-state index is 11.5. The highest BCUT2D eigenvalue weighted by Gasteiger charge is 2.40. The highest BCUT2D eigenvalue weighted by Crippen LogP contribution is 2.21. The lowest BCUT2D eigenvalue weighted by Crippen LogP contribution is -2.34. The number of hydrogen-bond acceptors (Lipinski definition) is 3. The zero-order chi connectivity index (χ0) is 8.20. The van der Waals surface area contributed by atoms with Crippen molar-refractivity contribution in [3.63, 3.8) is 0 Å². The van der Waals surface area contributed by atoms with Gasteiger partial charge in [0.15, 0.2) is 0 Å². The van der Waals surface area contributed by atoms with Gasteiger partial charge >= 0.3 is 6.18 Å². The first-order valence-corrected chi connectivity index (χ1v) is 2.29. The fraction of sp³-hybridized carbons (Fsp3) is 0.750. The fourth-order valence-corrected chi connectivity index (χ4v) is 0.291. The van der Waals surface area contributed by atoms with Gasteiger partial charge in [0.05, 0.1) is 6.61 Å². The molecule has 0 heterocycles. The fourth-order valence-electron chi connectivity index (χ4n) is 0.291. The summed E-state index contributed by atoms with van der Waals surface area (Å²) in [6.45, 7) is -1.60. The molecular weight excluding hydrogens is 153 g/mol. The van der Waals surface area contributed by atoms with E-state index in [1.807, 2.05) is 0 Å². The summed E-state index contributed by atoms with van der Waals surface area (Å²) in [6, 6.07) is 0. The first-order valence-electron chi connectivity index (χ1n) is 2.29. The standard InChI is InChI=1S/C4H5F3O3/c5-4(6,7)3(1-8)10-2-9/h2-3,8H,1H2/t3-/m1/s1. The average Bonchev–Trinajstić information content (AvgIpc) is 1.80. The summed E-state index contributed by atoms with van der Waals surface area (Å²) in [5.74, 6) is 0. The number of aliphatic hydroxyl groups is 1. The van der Waals surface area contributed by atoms with Crippen LogP contribution in [-0.2, 0) is 9.53 Å². The molecule has 0 saturated heterocycles. The van der Waals surface area contributed by atoms with Crippen molar-refractivity contribution in [1.82, 2.24) is 0 Å². The normalized spacial score (nSPS) is 14.4. The van der Waals surface area contributed by atoms with Crippen molar-refractivity contribution < 1.29 is 27.8 Å². The van der Waals surface area contributed by atoms with Gasteiger partial charge in [0.2, 0.25) is 6.10 Å². The van der Waals surface area contributed by atoms with E-state index in [0.29, 0.717) is 0 Å². The van der Waals surface area contributed by atoms with Gasteiger partial charge in [0, 0.05) is 0 Å². The Hall–Kier alpha value is -0.780. The molecule has 6 heteroatoms. The van der Waals surface area contributed by atoms with Crippen LogP contribution in [0.2, 0.25) is 0 Å². The summed E-state index contributed by atoms with van der Waals surface area (Å²) in [5.41, 5.74) is 0. The van der Waals surface area contributed by atoms with Gasteiger partial charge in [-0.25, -0.2) is 0 Å². The van der Waals surface area contributed by atoms with Crippen LogP contribution in [0.15, 0.2) is 0 Å². The summed E-state index contributed by atoms with van der Waals surface area (Å²) in [5, 5.41) is 7.99. The molecule has 0 aliphatic rings. The minimum absolute atomic E-state index is 0.353. The minimum Gasteiger partial charge on any atom is -0.452 e. The van der Waals surface area contributed by atoms with E-state index in [9.17, 15) is 18.0 Å². The maximum Gasteiger partial charge on any atom is 0.427 e. The second-order valence-corrected chi connectivity index (χ2v) is 1.45. The van der Waals surface area contributed by atoms with Gasteiger partial charge in [0.25, 0.3) is 6.47 Å². The van der Waals surface area contributed by atoms with Gasteiger partial charge in [-0.2, -0.15) is 13.2 Å². The van der Waals surface area contributed by atoms with E-state index < -0.39 is 18.9 Å². The van der Waals surface area contributed by atoms with Crippen molar-refractivity contribution in [2.45, 2.75) is 12.3 Å². The summed E-state index contributed by atoms with van der Waals surface area (Å²) < 4.78 is 37.9. The second kappa shape index (κ2) is 3.40.